The van der Waals surface area contributed by atoms with Crippen molar-refractivity contribution in [2.75, 3.05) is 51.3 Å². The monoisotopic (exact) mass is 546 g/mol. The average Bonchev–Trinajstić information content (AvgIpc) is 3.33. The topological polar surface area (TPSA) is 84.4 Å². The summed E-state index contributed by atoms with van der Waals surface area (Å²) < 4.78 is 16.6. The Bertz CT molecular complexity index is 956. The van der Waals surface area contributed by atoms with Crippen LogP contribution in [-0.2, 0) is 27.1 Å². The number of hydrogen-bond donors (Lipinski definition) is 0. The molecule has 9 nitrogen and oxygen atoms in total. The van der Waals surface area contributed by atoms with Gasteiger partial charge in [-0.2, -0.15) is 0 Å². The number of methoxy groups -OCH3 is 1. The lowest BCUT2D eigenvalue weighted by Gasteiger charge is -2.31. The molecule has 0 aromatic carbocycles. The predicted molar refractivity (Wildman–Crippen MR) is 153 cm³/mol. The number of nitrogens with zero attached hydrogens (tertiary/aromatic N) is 4. The van der Waals surface area contributed by atoms with Crippen molar-refractivity contribution in [2.24, 2.45) is 0 Å². The molecule has 1 aromatic rings. The zero-order valence-corrected chi connectivity index (χ0v) is 25.3. The third-order valence-electron chi connectivity index (χ3n) is 7.00. The number of rotatable bonds is 10. The van der Waals surface area contributed by atoms with Crippen LogP contribution in [0.3, 0.4) is 0 Å². The number of pyridine rings is 1. The molecule has 0 bridgehead atoms. The van der Waals surface area contributed by atoms with E-state index < -0.39 is 11.2 Å². The summed E-state index contributed by atoms with van der Waals surface area (Å²) >= 11 is 0. The largest absolute Gasteiger partial charge is 0.444 e. The number of carbonyl (C=O) groups is 2. The number of fused-ring (bicyclic) bond motifs is 1. The molecule has 0 radical (unpaired) electrons. The fraction of sp³-hybridized carbons (Fsp3) is 0.767. The Morgan fingerprint density at radius 2 is 1.69 bits per heavy atom. The van der Waals surface area contributed by atoms with Crippen LogP contribution in [0.4, 0.5) is 15.4 Å². The van der Waals surface area contributed by atoms with Crippen molar-refractivity contribution >= 4 is 18.0 Å². The van der Waals surface area contributed by atoms with E-state index in [1.807, 2.05) is 46.4 Å². The van der Waals surface area contributed by atoms with E-state index in [0.717, 1.165) is 81.7 Å². The van der Waals surface area contributed by atoms with Gasteiger partial charge in [0, 0.05) is 45.0 Å². The van der Waals surface area contributed by atoms with E-state index in [2.05, 4.69) is 17.0 Å². The summed E-state index contributed by atoms with van der Waals surface area (Å²) in [6, 6.07) is 4.55. The molecule has 220 valence electrons. The Hall–Kier alpha value is -2.39. The Balaban J connectivity index is 1.49. The number of aromatic nitrogens is 1. The zero-order valence-electron chi connectivity index (χ0n) is 25.3. The highest BCUT2D eigenvalue weighted by molar-refractivity contribution is 5.88. The molecule has 9 heteroatoms. The summed E-state index contributed by atoms with van der Waals surface area (Å²) in [7, 11) is 1.73. The number of amides is 2. The molecule has 39 heavy (non-hydrogen) atoms. The Kier molecular flexibility index (Phi) is 11.0. The summed E-state index contributed by atoms with van der Waals surface area (Å²) in [5, 5.41) is 0. The van der Waals surface area contributed by atoms with Crippen LogP contribution in [0.2, 0.25) is 0 Å². The summed E-state index contributed by atoms with van der Waals surface area (Å²) in [4.78, 5) is 36.2. The normalized spacial score (nSPS) is 17.9. The minimum atomic E-state index is -0.532. The Morgan fingerprint density at radius 1 is 0.974 bits per heavy atom. The van der Waals surface area contributed by atoms with Gasteiger partial charge < -0.3 is 19.1 Å². The van der Waals surface area contributed by atoms with E-state index in [-0.39, 0.29) is 12.2 Å². The van der Waals surface area contributed by atoms with Crippen LogP contribution >= 0.6 is 0 Å². The second kappa shape index (κ2) is 13.8. The number of aryl methyl sites for hydroxylation is 2. The molecule has 1 fully saturated rings. The quantitative estimate of drug-likeness (QED) is 0.361. The SMILES string of the molecule is COCCN(CCCCCc1ccc2c(n1)N(C(=O)OC(C)(C)C)CCC2)[C@@H]1CCN(C(=O)OC(C)(C)C)C1. The molecular weight excluding hydrogens is 496 g/mol. The van der Waals surface area contributed by atoms with Gasteiger partial charge in [-0.05, 0) is 98.2 Å². The van der Waals surface area contributed by atoms with Gasteiger partial charge in [0.05, 0.1) is 6.61 Å². The fourth-order valence-corrected chi connectivity index (χ4v) is 5.13. The van der Waals surface area contributed by atoms with E-state index in [4.69, 9.17) is 19.2 Å². The lowest BCUT2D eigenvalue weighted by atomic mass is 10.0. The lowest BCUT2D eigenvalue weighted by molar-refractivity contribution is 0.0275. The highest BCUT2D eigenvalue weighted by atomic mass is 16.6. The standard InChI is InChI=1S/C30H50N4O5/c1-29(2,3)38-27(35)33-19-16-25(22-33)32(20-21-37-7)17-10-8-9-13-24-15-14-23-12-11-18-34(26(23)31-24)28(36)39-30(4,5)6/h14-15,25H,8-13,16-22H2,1-7H3/t25-/m1/s1. The Labute approximate surface area is 235 Å². The number of unbranched alkanes of at least 4 members (excludes halogenated alkanes) is 2. The summed E-state index contributed by atoms with van der Waals surface area (Å²) in [6.07, 6.45) is 6.34. The molecule has 3 heterocycles. The van der Waals surface area contributed by atoms with Gasteiger partial charge in [-0.3, -0.25) is 9.80 Å². The predicted octanol–water partition coefficient (Wildman–Crippen LogP) is 5.44. The summed E-state index contributed by atoms with van der Waals surface area (Å²) in [6.45, 7) is 16.0. The molecule has 0 N–H and O–H groups in total. The maximum atomic E-state index is 12.8. The first-order valence-corrected chi connectivity index (χ1v) is 14.6. The zero-order chi connectivity index (χ0) is 28.6. The van der Waals surface area contributed by atoms with Crippen molar-refractivity contribution in [2.45, 2.75) is 104 Å². The molecule has 1 saturated heterocycles. The molecular formula is C30H50N4O5. The van der Waals surface area contributed by atoms with Gasteiger partial charge in [-0.1, -0.05) is 12.5 Å². The third kappa shape index (κ3) is 9.94. The smallest absolute Gasteiger partial charge is 0.416 e. The van der Waals surface area contributed by atoms with Gasteiger partial charge in [0.2, 0.25) is 0 Å². The van der Waals surface area contributed by atoms with Gasteiger partial charge in [-0.25, -0.2) is 14.6 Å². The van der Waals surface area contributed by atoms with Gasteiger partial charge in [-0.15, -0.1) is 0 Å². The first-order valence-electron chi connectivity index (χ1n) is 14.6. The van der Waals surface area contributed by atoms with E-state index in [1.165, 1.54) is 0 Å². The fourth-order valence-electron chi connectivity index (χ4n) is 5.13. The van der Waals surface area contributed by atoms with Gasteiger partial charge in [0.15, 0.2) is 0 Å². The summed E-state index contributed by atoms with van der Waals surface area (Å²) in [5.41, 5.74) is 1.12. The molecule has 2 amide bonds. The van der Waals surface area contributed by atoms with Crippen molar-refractivity contribution in [3.63, 3.8) is 0 Å². The highest BCUT2D eigenvalue weighted by Crippen LogP contribution is 2.27. The second-order valence-electron chi connectivity index (χ2n) is 12.7. The highest BCUT2D eigenvalue weighted by Gasteiger charge is 2.33. The van der Waals surface area contributed by atoms with Crippen LogP contribution in [0.25, 0.3) is 0 Å². The van der Waals surface area contributed by atoms with Crippen LogP contribution in [0, 0.1) is 0 Å². The number of likely N-dealkylation sites (tertiary alicyclic amines) is 1. The molecule has 2 aliphatic heterocycles. The van der Waals surface area contributed by atoms with Crippen molar-refractivity contribution < 1.29 is 23.8 Å². The number of ether oxygens (including phenoxy) is 3. The maximum absolute atomic E-state index is 12.8. The van der Waals surface area contributed by atoms with E-state index in [0.29, 0.717) is 25.7 Å². The van der Waals surface area contributed by atoms with Gasteiger partial charge in [0.1, 0.15) is 17.0 Å². The van der Waals surface area contributed by atoms with Crippen molar-refractivity contribution in [3.8, 4) is 0 Å². The molecule has 0 saturated carbocycles. The minimum Gasteiger partial charge on any atom is -0.444 e. The van der Waals surface area contributed by atoms with Crippen LogP contribution in [0.15, 0.2) is 12.1 Å². The van der Waals surface area contributed by atoms with Crippen LogP contribution in [-0.4, -0.2) is 90.7 Å². The number of carbonyl (C=O) groups excluding carboxylic acids is 2. The summed E-state index contributed by atoms with van der Waals surface area (Å²) in [5.74, 6) is 0.759. The second-order valence-corrected chi connectivity index (χ2v) is 12.7. The minimum absolute atomic E-state index is 0.223. The molecule has 3 rings (SSSR count). The molecule has 0 aliphatic carbocycles. The maximum Gasteiger partial charge on any atom is 0.416 e. The Morgan fingerprint density at radius 3 is 2.38 bits per heavy atom. The lowest BCUT2D eigenvalue weighted by Crippen LogP contribution is -2.42. The van der Waals surface area contributed by atoms with E-state index in [9.17, 15) is 9.59 Å². The van der Waals surface area contributed by atoms with Crippen molar-refractivity contribution in [3.05, 3.63) is 23.4 Å². The van der Waals surface area contributed by atoms with E-state index >= 15 is 0 Å². The first kappa shape index (κ1) is 31.1. The molecule has 1 atom stereocenters. The molecule has 2 aliphatic rings. The van der Waals surface area contributed by atoms with Crippen molar-refractivity contribution in [1.29, 1.82) is 0 Å². The molecule has 0 spiro atoms. The van der Waals surface area contributed by atoms with Crippen LogP contribution < -0.4 is 4.90 Å². The first-order chi connectivity index (χ1) is 18.4. The van der Waals surface area contributed by atoms with E-state index in [1.54, 1.807) is 12.0 Å². The number of anilines is 1. The molecule has 1 aromatic heterocycles. The van der Waals surface area contributed by atoms with Gasteiger partial charge >= 0.3 is 12.2 Å². The van der Waals surface area contributed by atoms with Crippen molar-refractivity contribution in [1.82, 2.24) is 14.8 Å². The molecule has 0 unspecified atom stereocenters. The van der Waals surface area contributed by atoms with Crippen LogP contribution in [0.1, 0.15) is 84.9 Å². The average molecular weight is 547 g/mol. The van der Waals surface area contributed by atoms with Crippen LogP contribution in [0.5, 0.6) is 0 Å². The third-order valence-corrected chi connectivity index (χ3v) is 7.00. The van der Waals surface area contributed by atoms with Gasteiger partial charge in [0.25, 0.3) is 0 Å². The number of hydrogen-bond acceptors (Lipinski definition) is 7.